The van der Waals surface area contributed by atoms with E-state index in [9.17, 15) is 22.8 Å². The van der Waals surface area contributed by atoms with Gasteiger partial charge in [-0.25, -0.2) is 4.79 Å². The van der Waals surface area contributed by atoms with Crippen molar-refractivity contribution in [3.8, 4) is 0 Å². The fraction of sp³-hybridized carbons (Fsp3) is 0.700. The molecule has 0 amide bonds. The summed E-state index contributed by atoms with van der Waals surface area (Å²) in [6.07, 6.45) is -3.28. The van der Waals surface area contributed by atoms with Crippen LogP contribution in [-0.4, -0.2) is 20.8 Å². The number of hydrazine groups is 1. The van der Waals surface area contributed by atoms with Crippen LogP contribution in [0.5, 0.6) is 0 Å². The van der Waals surface area contributed by atoms with Gasteiger partial charge >= 0.3 is 11.9 Å². The van der Waals surface area contributed by atoms with Gasteiger partial charge in [0.1, 0.15) is 4.83 Å². The Kier molecular flexibility index (Phi) is 5.98. The van der Waals surface area contributed by atoms with E-state index in [-0.39, 0.29) is 5.54 Å². The number of halogens is 3. The molecule has 2 aromatic heterocycles. The summed E-state index contributed by atoms with van der Waals surface area (Å²) in [5, 5.41) is 0.349. The minimum absolute atomic E-state index is 0.176. The number of rotatable bonds is 6. The first-order valence-corrected chi connectivity index (χ1v) is 10.9. The van der Waals surface area contributed by atoms with Crippen LogP contribution in [0.2, 0.25) is 0 Å². The second-order valence-electron chi connectivity index (χ2n) is 9.35. The molecule has 2 aromatic rings. The molecule has 1 fully saturated rings. The van der Waals surface area contributed by atoms with E-state index in [1.807, 2.05) is 27.7 Å². The topological polar surface area (TPSA) is 68.1 Å². The summed E-state index contributed by atoms with van der Waals surface area (Å²) < 4.78 is 41.1. The SMILES string of the molecule is Cc1c(CNNC(C)(C)C)sc2c1c(=O)n(C1(C)CCC1)c(=O)n2CCC(F)(F)F. The number of alkyl halides is 3. The molecule has 10 heteroatoms. The number of hydrogen-bond acceptors (Lipinski definition) is 5. The predicted molar refractivity (Wildman–Crippen MR) is 113 cm³/mol. The van der Waals surface area contributed by atoms with Gasteiger partial charge in [-0.3, -0.25) is 24.8 Å². The molecule has 0 saturated heterocycles. The van der Waals surface area contributed by atoms with Crippen LogP contribution in [0.3, 0.4) is 0 Å². The van der Waals surface area contributed by atoms with E-state index in [1.165, 1.54) is 15.9 Å². The molecule has 0 aliphatic heterocycles. The van der Waals surface area contributed by atoms with E-state index in [0.717, 1.165) is 15.9 Å². The number of aromatic nitrogens is 2. The van der Waals surface area contributed by atoms with Crippen LogP contribution in [-0.2, 0) is 18.6 Å². The third kappa shape index (κ3) is 4.50. The lowest BCUT2D eigenvalue weighted by molar-refractivity contribution is -0.136. The van der Waals surface area contributed by atoms with E-state index in [1.54, 1.807) is 6.92 Å². The smallest absolute Gasteiger partial charge is 0.284 e. The normalized spacial score (nSPS) is 16.8. The van der Waals surface area contributed by atoms with Gasteiger partial charge in [0.15, 0.2) is 0 Å². The molecule has 1 aliphatic carbocycles. The number of aryl methyl sites for hydroxylation is 2. The molecule has 2 N–H and O–H groups in total. The summed E-state index contributed by atoms with van der Waals surface area (Å²) >= 11 is 1.20. The molecular weight excluding hydrogens is 417 g/mol. The standard InChI is InChI=1S/C20H29F3N4O2S/c1-12-13(11-24-25-18(2,3)4)30-16-14(12)15(28)27(19(5)7-6-8-19)17(29)26(16)10-9-20(21,22)23/h24-25H,6-11H2,1-5H3. The quantitative estimate of drug-likeness (QED) is 0.663. The molecule has 0 atom stereocenters. The van der Waals surface area contributed by atoms with Crippen molar-refractivity contribution in [2.75, 3.05) is 0 Å². The lowest BCUT2D eigenvalue weighted by Gasteiger charge is -2.39. The van der Waals surface area contributed by atoms with Crippen molar-refractivity contribution in [3.63, 3.8) is 0 Å². The fourth-order valence-corrected chi connectivity index (χ4v) is 5.03. The van der Waals surface area contributed by atoms with Crippen LogP contribution < -0.4 is 22.1 Å². The summed E-state index contributed by atoms with van der Waals surface area (Å²) in [6, 6.07) is 0. The highest BCUT2D eigenvalue weighted by molar-refractivity contribution is 7.18. The molecule has 0 aromatic carbocycles. The maximum Gasteiger partial charge on any atom is 0.390 e. The summed E-state index contributed by atoms with van der Waals surface area (Å²) in [6.45, 7) is 9.49. The Morgan fingerprint density at radius 3 is 2.30 bits per heavy atom. The van der Waals surface area contributed by atoms with Crippen molar-refractivity contribution < 1.29 is 13.2 Å². The van der Waals surface area contributed by atoms with Gasteiger partial charge in [0, 0.05) is 29.0 Å². The number of hydrogen-bond donors (Lipinski definition) is 2. The van der Waals surface area contributed by atoms with Gasteiger partial charge in [0.2, 0.25) is 0 Å². The predicted octanol–water partition coefficient (Wildman–Crippen LogP) is 3.78. The molecule has 0 bridgehead atoms. The van der Waals surface area contributed by atoms with Gasteiger partial charge in [-0.15, -0.1) is 11.3 Å². The van der Waals surface area contributed by atoms with E-state index in [0.29, 0.717) is 35.2 Å². The average molecular weight is 447 g/mol. The van der Waals surface area contributed by atoms with Gasteiger partial charge in [-0.05, 0) is 59.4 Å². The summed E-state index contributed by atoms with van der Waals surface area (Å²) in [4.78, 5) is 27.6. The first-order valence-electron chi connectivity index (χ1n) is 10.1. The Bertz CT molecular complexity index is 1060. The highest BCUT2D eigenvalue weighted by Crippen LogP contribution is 2.37. The van der Waals surface area contributed by atoms with Gasteiger partial charge in [0.05, 0.1) is 11.8 Å². The third-order valence-electron chi connectivity index (χ3n) is 5.61. The van der Waals surface area contributed by atoms with E-state index in [2.05, 4.69) is 10.9 Å². The van der Waals surface area contributed by atoms with Gasteiger partial charge in [0.25, 0.3) is 5.56 Å². The van der Waals surface area contributed by atoms with Crippen molar-refractivity contribution in [2.45, 2.75) is 90.6 Å². The summed E-state index contributed by atoms with van der Waals surface area (Å²) in [5.74, 6) is 0. The largest absolute Gasteiger partial charge is 0.390 e. The fourth-order valence-electron chi connectivity index (χ4n) is 3.77. The maximum atomic E-state index is 13.3. The van der Waals surface area contributed by atoms with Crippen LogP contribution in [0, 0.1) is 6.92 Å². The summed E-state index contributed by atoms with van der Waals surface area (Å²) in [7, 11) is 0. The molecule has 6 nitrogen and oxygen atoms in total. The lowest BCUT2D eigenvalue weighted by atomic mass is 9.78. The second-order valence-corrected chi connectivity index (χ2v) is 10.4. The number of thiophene rings is 1. The van der Waals surface area contributed by atoms with Crippen LogP contribution >= 0.6 is 11.3 Å². The Hall–Kier alpha value is -1.65. The van der Waals surface area contributed by atoms with Crippen molar-refractivity contribution >= 4 is 21.6 Å². The monoisotopic (exact) mass is 446 g/mol. The van der Waals surface area contributed by atoms with Crippen LogP contribution in [0.1, 0.15) is 63.8 Å². The number of nitrogens with one attached hydrogen (secondary N) is 2. The van der Waals surface area contributed by atoms with Crippen LogP contribution in [0.4, 0.5) is 13.2 Å². The number of nitrogens with zero attached hydrogens (tertiary/aromatic N) is 2. The molecule has 2 heterocycles. The van der Waals surface area contributed by atoms with Crippen LogP contribution in [0.25, 0.3) is 10.2 Å². The number of fused-ring (bicyclic) bond motifs is 1. The molecule has 0 unspecified atom stereocenters. The molecule has 168 valence electrons. The average Bonchev–Trinajstić information content (AvgIpc) is 2.88. The molecule has 30 heavy (non-hydrogen) atoms. The molecule has 1 aliphatic rings. The zero-order valence-electron chi connectivity index (χ0n) is 18.0. The molecule has 3 rings (SSSR count). The Morgan fingerprint density at radius 2 is 1.80 bits per heavy atom. The van der Waals surface area contributed by atoms with Crippen molar-refractivity contribution in [2.24, 2.45) is 0 Å². The molecule has 1 saturated carbocycles. The Morgan fingerprint density at radius 1 is 1.17 bits per heavy atom. The minimum atomic E-state index is -4.39. The Labute approximate surface area is 177 Å². The third-order valence-corrected chi connectivity index (χ3v) is 6.93. The second kappa shape index (κ2) is 7.80. The maximum absolute atomic E-state index is 13.3. The Balaban J connectivity index is 2.14. The van der Waals surface area contributed by atoms with Crippen LogP contribution in [0.15, 0.2) is 9.59 Å². The molecular formula is C20H29F3N4O2S. The molecule has 0 spiro atoms. The summed E-state index contributed by atoms with van der Waals surface area (Å²) in [5.41, 5.74) is 5.09. The van der Waals surface area contributed by atoms with E-state index in [4.69, 9.17) is 0 Å². The van der Waals surface area contributed by atoms with Crippen molar-refractivity contribution in [1.82, 2.24) is 20.0 Å². The highest BCUT2D eigenvalue weighted by Gasteiger charge is 2.38. The molecule has 0 radical (unpaired) electrons. The van der Waals surface area contributed by atoms with Gasteiger partial charge in [-0.1, -0.05) is 0 Å². The highest BCUT2D eigenvalue weighted by atomic mass is 32.1. The van der Waals surface area contributed by atoms with E-state index < -0.39 is 35.9 Å². The lowest BCUT2D eigenvalue weighted by Crippen LogP contribution is -2.53. The van der Waals surface area contributed by atoms with Gasteiger partial charge in [-0.2, -0.15) is 13.2 Å². The minimum Gasteiger partial charge on any atom is -0.284 e. The zero-order valence-corrected chi connectivity index (χ0v) is 18.8. The first-order chi connectivity index (χ1) is 13.7. The van der Waals surface area contributed by atoms with Crippen molar-refractivity contribution in [3.05, 3.63) is 31.3 Å². The van der Waals surface area contributed by atoms with Gasteiger partial charge < -0.3 is 0 Å². The van der Waals surface area contributed by atoms with E-state index >= 15 is 0 Å². The zero-order chi connectivity index (χ0) is 22.5. The first kappa shape index (κ1) is 23.0. The van der Waals surface area contributed by atoms with Crippen molar-refractivity contribution in [1.29, 1.82) is 0 Å².